The number of halogens is 1. The van der Waals surface area contributed by atoms with Gasteiger partial charge in [-0.2, -0.15) is 0 Å². The summed E-state index contributed by atoms with van der Waals surface area (Å²) >= 11 is 6.12. The van der Waals surface area contributed by atoms with Crippen LogP contribution >= 0.6 is 11.6 Å². The topological polar surface area (TPSA) is 67.9 Å². The van der Waals surface area contributed by atoms with Gasteiger partial charge in [0.1, 0.15) is 13.2 Å². The second kappa shape index (κ2) is 7.08. The number of amides is 2. The Morgan fingerprint density at radius 3 is 2.70 bits per heavy atom. The zero-order chi connectivity index (χ0) is 16.2. The number of ether oxygens (including phenoxy) is 2. The van der Waals surface area contributed by atoms with Crippen molar-refractivity contribution in [1.29, 1.82) is 0 Å². The molecule has 1 aromatic rings. The fourth-order valence-electron chi connectivity index (χ4n) is 2.75. The molecule has 3 rings (SSSR count). The van der Waals surface area contributed by atoms with E-state index in [4.69, 9.17) is 21.1 Å². The molecule has 1 N–H and O–H groups in total. The van der Waals surface area contributed by atoms with E-state index in [1.54, 1.807) is 12.1 Å². The zero-order valence-corrected chi connectivity index (χ0v) is 13.5. The molecule has 23 heavy (non-hydrogen) atoms. The number of rotatable bonds is 4. The van der Waals surface area contributed by atoms with Crippen molar-refractivity contribution in [3.8, 4) is 11.5 Å². The first-order chi connectivity index (χ1) is 11.1. The highest BCUT2D eigenvalue weighted by Crippen LogP contribution is 2.38. The van der Waals surface area contributed by atoms with Crippen LogP contribution in [0.25, 0.3) is 0 Å². The van der Waals surface area contributed by atoms with Crippen LogP contribution in [0.5, 0.6) is 11.5 Å². The maximum atomic E-state index is 12.2. The molecule has 0 atom stereocenters. The predicted molar refractivity (Wildman–Crippen MR) is 85.2 cm³/mol. The molecule has 6 nitrogen and oxygen atoms in total. The van der Waals surface area contributed by atoms with Crippen molar-refractivity contribution in [1.82, 2.24) is 10.2 Å². The molecule has 0 radical (unpaired) electrons. The average Bonchev–Trinajstić information content (AvgIpc) is 3.09. The number of hydrogen-bond donors (Lipinski definition) is 1. The minimum atomic E-state index is -0.280. The van der Waals surface area contributed by atoms with Crippen LogP contribution < -0.4 is 14.8 Å². The summed E-state index contributed by atoms with van der Waals surface area (Å²) in [5, 5.41) is 3.09. The number of carbonyl (C=O) groups excluding carboxylic acids is 2. The smallest absolute Gasteiger partial charge is 0.251 e. The number of nitrogens with one attached hydrogen (secondary N) is 1. The third-order valence-corrected chi connectivity index (χ3v) is 4.22. The van der Waals surface area contributed by atoms with Gasteiger partial charge in [-0.15, -0.1) is 0 Å². The van der Waals surface area contributed by atoms with Gasteiger partial charge in [-0.05, 0) is 25.0 Å². The third-order valence-electron chi connectivity index (χ3n) is 3.94. The van der Waals surface area contributed by atoms with Crippen LogP contribution in [0.3, 0.4) is 0 Å². The van der Waals surface area contributed by atoms with E-state index < -0.39 is 0 Å². The number of hydrogen-bond acceptors (Lipinski definition) is 4. The largest absolute Gasteiger partial charge is 0.486 e. The van der Waals surface area contributed by atoms with Crippen molar-refractivity contribution >= 4 is 23.4 Å². The minimum absolute atomic E-state index is 0.0861. The van der Waals surface area contributed by atoms with E-state index >= 15 is 0 Å². The van der Waals surface area contributed by atoms with Crippen molar-refractivity contribution < 1.29 is 19.1 Å². The van der Waals surface area contributed by atoms with Crippen LogP contribution in [-0.2, 0) is 4.79 Å². The summed E-state index contributed by atoms with van der Waals surface area (Å²) in [4.78, 5) is 26.0. The highest BCUT2D eigenvalue weighted by molar-refractivity contribution is 6.32. The van der Waals surface area contributed by atoms with E-state index in [0.29, 0.717) is 48.3 Å². The van der Waals surface area contributed by atoms with Gasteiger partial charge in [-0.1, -0.05) is 11.6 Å². The molecule has 124 valence electrons. The first-order valence-electron chi connectivity index (χ1n) is 7.80. The van der Waals surface area contributed by atoms with Gasteiger partial charge < -0.3 is 19.7 Å². The Morgan fingerprint density at radius 2 is 1.91 bits per heavy atom. The van der Waals surface area contributed by atoms with Gasteiger partial charge in [0.25, 0.3) is 5.91 Å². The fourth-order valence-corrected chi connectivity index (χ4v) is 3.02. The lowest BCUT2D eigenvalue weighted by molar-refractivity contribution is -0.129. The van der Waals surface area contributed by atoms with E-state index in [-0.39, 0.29) is 11.8 Å². The maximum Gasteiger partial charge on any atom is 0.251 e. The Balaban J connectivity index is 1.56. The normalized spacial score (nSPS) is 16.3. The standard InChI is InChI=1S/C16H19ClN2O4/c17-12-9-11(10-13-15(12)23-8-7-22-13)16(21)18-4-3-14(20)19-5-1-2-6-19/h9-10H,1-8H2,(H,18,21). The molecule has 7 heteroatoms. The lowest BCUT2D eigenvalue weighted by atomic mass is 10.1. The number of benzene rings is 1. The zero-order valence-electron chi connectivity index (χ0n) is 12.8. The summed E-state index contributed by atoms with van der Waals surface area (Å²) < 4.78 is 10.9. The molecule has 0 saturated carbocycles. The summed E-state index contributed by atoms with van der Waals surface area (Å²) in [6.07, 6.45) is 2.44. The van der Waals surface area contributed by atoms with Crippen molar-refractivity contribution in [3.63, 3.8) is 0 Å². The molecule has 0 spiro atoms. The maximum absolute atomic E-state index is 12.2. The molecule has 0 unspecified atom stereocenters. The van der Waals surface area contributed by atoms with Crippen LogP contribution in [0.15, 0.2) is 12.1 Å². The second-order valence-electron chi connectivity index (χ2n) is 5.58. The Labute approximate surface area is 139 Å². The predicted octanol–water partition coefficient (Wildman–Crippen LogP) is 1.85. The molecule has 0 aromatic heterocycles. The molecule has 2 heterocycles. The Morgan fingerprint density at radius 1 is 1.17 bits per heavy atom. The molecular weight excluding hydrogens is 320 g/mol. The summed E-state index contributed by atoms with van der Waals surface area (Å²) in [6, 6.07) is 3.16. The quantitative estimate of drug-likeness (QED) is 0.909. The van der Waals surface area contributed by atoms with Gasteiger partial charge in [-0.25, -0.2) is 0 Å². The monoisotopic (exact) mass is 338 g/mol. The SMILES string of the molecule is O=C(NCCC(=O)N1CCCC1)c1cc(Cl)c2c(c1)OCCO2. The van der Waals surface area contributed by atoms with Crippen molar-refractivity contribution in [2.75, 3.05) is 32.8 Å². The van der Waals surface area contributed by atoms with Gasteiger partial charge in [0.2, 0.25) is 5.91 Å². The Kier molecular flexibility index (Phi) is 4.91. The summed E-state index contributed by atoms with van der Waals surface area (Å²) in [5.41, 5.74) is 0.396. The summed E-state index contributed by atoms with van der Waals surface area (Å²) in [7, 11) is 0. The molecular formula is C16H19ClN2O4. The van der Waals surface area contributed by atoms with Crippen LogP contribution in [0.2, 0.25) is 5.02 Å². The molecule has 2 amide bonds. The molecule has 1 aromatic carbocycles. The first kappa shape index (κ1) is 15.9. The van der Waals surface area contributed by atoms with Crippen molar-refractivity contribution in [3.05, 3.63) is 22.7 Å². The van der Waals surface area contributed by atoms with Gasteiger partial charge in [0.15, 0.2) is 11.5 Å². The van der Waals surface area contributed by atoms with Gasteiger partial charge in [-0.3, -0.25) is 9.59 Å². The van der Waals surface area contributed by atoms with Gasteiger partial charge >= 0.3 is 0 Å². The second-order valence-corrected chi connectivity index (χ2v) is 5.98. The molecule has 1 fully saturated rings. The molecule has 0 aliphatic carbocycles. The Bertz CT molecular complexity index is 614. The molecule has 1 saturated heterocycles. The molecule has 2 aliphatic heterocycles. The van der Waals surface area contributed by atoms with E-state index in [1.165, 1.54) is 0 Å². The van der Waals surface area contributed by atoms with Crippen LogP contribution in [0.4, 0.5) is 0 Å². The van der Waals surface area contributed by atoms with Crippen LogP contribution in [0, 0.1) is 0 Å². The highest BCUT2D eigenvalue weighted by Gasteiger charge is 2.20. The van der Waals surface area contributed by atoms with Crippen LogP contribution in [0.1, 0.15) is 29.6 Å². The van der Waals surface area contributed by atoms with E-state index in [9.17, 15) is 9.59 Å². The number of likely N-dealkylation sites (tertiary alicyclic amines) is 1. The van der Waals surface area contributed by atoms with Gasteiger partial charge in [0.05, 0.1) is 5.02 Å². The van der Waals surface area contributed by atoms with E-state index in [2.05, 4.69) is 5.32 Å². The Hall–Kier alpha value is -1.95. The van der Waals surface area contributed by atoms with Crippen LogP contribution in [-0.4, -0.2) is 49.6 Å². The number of fused-ring (bicyclic) bond motifs is 1. The van der Waals surface area contributed by atoms with E-state index in [1.807, 2.05) is 4.90 Å². The molecule has 0 bridgehead atoms. The highest BCUT2D eigenvalue weighted by atomic mass is 35.5. The van der Waals surface area contributed by atoms with Crippen molar-refractivity contribution in [2.24, 2.45) is 0 Å². The lowest BCUT2D eigenvalue weighted by Gasteiger charge is -2.20. The van der Waals surface area contributed by atoms with E-state index in [0.717, 1.165) is 25.9 Å². The fraction of sp³-hybridized carbons (Fsp3) is 0.500. The lowest BCUT2D eigenvalue weighted by Crippen LogP contribution is -2.32. The number of carbonyl (C=O) groups is 2. The molecule has 2 aliphatic rings. The first-order valence-corrected chi connectivity index (χ1v) is 8.18. The average molecular weight is 339 g/mol. The van der Waals surface area contributed by atoms with Gasteiger partial charge in [0, 0.05) is 31.6 Å². The minimum Gasteiger partial charge on any atom is -0.486 e. The third kappa shape index (κ3) is 3.69. The summed E-state index contributed by atoms with van der Waals surface area (Å²) in [6.45, 7) is 2.82. The van der Waals surface area contributed by atoms with Crippen molar-refractivity contribution in [2.45, 2.75) is 19.3 Å². The summed E-state index contributed by atoms with van der Waals surface area (Å²) in [5.74, 6) is 0.752. The number of nitrogens with zero attached hydrogens (tertiary/aromatic N) is 1.